The van der Waals surface area contributed by atoms with E-state index < -0.39 is 0 Å². The van der Waals surface area contributed by atoms with Gasteiger partial charge >= 0.3 is 0 Å². The molecule has 1 aliphatic heterocycles. The number of rotatable bonds is 1. The molecule has 0 aromatic heterocycles. The van der Waals surface area contributed by atoms with E-state index in [2.05, 4.69) is 17.1 Å². The van der Waals surface area contributed by atoms with Crippen LogP contribution in [0.1, 0.15) is 6.92 Å². The van der Waals surface area contributed by atoms with Gasteiger partial charge in [0.1, 0.15) is 5.82 Å². The lowest BCUT2D eigenvalue weighted by atomic mass is 10.2. The molecule has 1 aromatic carbocycles. The molecule has 0 saturated heterocycles. The largest absolute Gasteiger partial charge is 0.366 e. The van der Waals surface area contributed by atoms with Crippen LogP contribution >= 0.6 is 0 Å². The normalized spacial score (nSPS) is 14.3. The van der Waals surface area contributed by atoms with Gasteiger partial charge < -0.3 is 10.2 Å². The number of fused-ring (bicyclic) bond motifs is 1. The Kier molecular flexibility index (Phi) is 1.64. The maximum absolute atomic E-state index is 12.7. The number of benzene rings is 1. The Hall–Kier alpha value is -1.25. The third kappa shape index (κ3) is 1.02. The maximum atomic E-state index is 12.7. The first-order chi connectivity index (χ1) is 5.81. The Morgan fingerprint density at radius 1 is 1.58 bits per heavy atom. The molecule has 0 fully saturated rings. The average Bonchev–Trinajstić information content (AvgIpc) is 2.46. The van der Waals surface area contributed by atoms with Crippen molar-refractivity contribution in [3.8, 4) is 0 Å². The van der Waals surface area contributed by atoms with E-state index >= 15 is 0 Å². The summed E-state index contributed by atoms with van der Waals surface area (Å²) >= 11 is 0. The van der Waals surface area contributed by atoms with E-state index in [0.29, 0.717) is 0 Å². The summed E-state index contributed by atoms with van der Waals surface area (Å²) in [6, 6.07) is 4.84. The van der Waals surface area contributed by atoms with Gasteiger partial charge in [-0.25, -0.2) is 4.39 Å². The van der Waals surface area contributed by atoms with Crippen molar-refractivity contribution >= 4 is 11.4 Å². The van der Waals surface area contributed by atoms with Crippen molar-refractivity contribution in [3.05, 3.63) is 24.0 Å². The lowest BCUT2D eigenvalue weighted by molar-refractivity contribution is 0.628. The minimum absolute atomic E-state index is 0.181. The SMILES string of the molecule is CCN1CNc2cc(F)ccc21. The fourth-order valence-corrected chi connectivity index (χ4v) is 1.47. The van der Waals surface area contributed by atoms with Crippen molar-refractivity contribution in [1.29, 1.82) is 0 Å². The first kappa shape index (κ1) is 7.40. The van der Waals surface area contributed by atoms with Gasteiger partial charge in [-0.1, -0.05) is 0 Å². The quantitative estimate of drug-likeness (QED) is 0.686. The Morgan fingerprint density at radius 3 is 3.17 bits per heavy atom. The fourth-order valence-electron chi connectivity index (χ4n) is 1.47. The molecule has 0 spiro atoms. The third-order valence-electron chi connectivity index (χ3n) is 2.14. The van der Waals surface area contributed by atoms with Crippen LogP contribution in [0.25, 0.3) is 0 Å². The summed E-state index contributed by atoms with van der Waals surface area (Å²) in [4.78, 5) is 2.16. The molecule has 1 aromatic rings. The Bertz CT molecular complexity index is 299. The van der Waals surface area contributed by atoms with Gasteiger partial charge in [0.05, 0.1) is 18.0 Å². The number of halogens is 1. The molecule has 0 unspecified atom stereocenters. The third-order valence-corrected chi connectivity index (χ3v) is 2.14. The lowest BCUT2D eigenvalue weighted by Crippen LogP contribution is -2.21. The lowest BCUT2D eigenvalue weighted by Gasteiger charge is -2.13. The Balaban J connectivity index is 2.40. The number of hydrogen-bond acceptors (Lipinski definition) is 2. The van der Waals surface area contributed by atoms with Crippen molar-refractivity contribution in [2.75, 3.05) is 23.4 Å². The van der Waals surface area contributed by atoms with Gasteiger partial charge in [-0.15, -0.1) is 0 Å². The number of nitrogens with one attached hydrogen (secondary N) is 1. The highest BCUT2D eigenvalue weighted by Gasteiger charge is 2.16. The number of anilines is 2. The molecule has 2 rings (SSSR count). The second kappa shape index (κ2) is 2.66. The molecular weight excluding hydrogens is 155 g/mol. The zero-order chi connectivity index (χ0) is 8.55. The van der Waals surface area contributed by atoms with Crippen LogP contribution in [-0.4, -0.2) is 13.2 Å². The summed E-state index contributed by atoms with van der Waals surface area (Å²) < 4.78 is 12.7. The van der Waals surface area contributed by atoms with E-state index in [4.69, 9.17) is 0 Å². The van der Waals surface area contributed by atoms with Gasteiger partial charge in [0.15, 0.2) is 0 Å². The monoisotopic (exact) mass is 166 g/mol. The molecule has 64 valence electrons. The highest BCUT2D eigenvalue weighted by Crippen LogP contribution is 2.30. The molecule has 1 aliphatic rings. The molecule has 1 N–H and O–H groups in total. The van der Waals surface area contributed by atoms with E-state index in [-0.39, 0.29) is 5.82 Å². The first-order valence-corrected chi connectivity index (χ1v) is 4.09. The van der Waals surface area contributed by atoms with E-state index in [1.165, 1.54) is 12.1 Å². The molecule has 0 saturated carbocycles. The zero-order valence-electron chi connectivity index (χ0n) is 6.97. The summed E-state index contributed by atoms with van der Waals surface area (Å²) in [5.41, 5.74) is 2.00. The van der Waals surface area contributed by atoms with Gasteiger partial charge in [-0.2, -0.15) is 0 Å². The second-order valence-electron chi connectivity index (χ2n) is 2.85. The summed E-state index contributed by atoms with van der Waals surface area (Å²) in [5, 5.41) is 3.13. The average molecular weight is 166 g/mol. The van der Waals surface area contributed by atoms with Crippen molar-refractivity contribution in [3.63, 3.8) is 0 Å². The number of nitrogens with zero attached hydrogens (tertiary/aromatic N) is 1. The zero-order valence-corrected chi connectivity index (χ0v) is 6.97. The van der Waals surface area contributed by atoms with Crippen LogP contribution in [0, 0.1) is 5.82 Å². The predicted octanol–water partition coefficient (Wildman–Crippen LogP) is 2.04. The molecule has 0 radical (unpaired) electrons. The van der Waals surface area contributed by atoms with E-state index in [1.807, 2.05) is 6.07 Å². The van der Waals surface area contributed by atoms with Crippen LogP contribution in [-0.2, 0) is 0 Å². The standard InChI is InChI=1S/C9H11FN2/c1-2-12-6-11-8-5-7(10)3-4-9(8)12/h3-5,11H,2,6H2,1H3. The Labute approximate surface area is 71.0 Å². The van der Waals surface area contributed by atoms with Crippen LogP contribution in [0.4, 0.5) is 15.8 Å². The molecule has 0 bridgehead atoms. The van der Waals surface area contributed by atoms with Gasteiger partial charge in [-0.05, 0) is 25.1 Å². The number of hydrogen-bond donors (Lipinski definition) is 1. The molecule has 0 amide bonds. The highest BCUT2D eigenvalue weighted by atomic mass is 19.1. The molecule has 2 nitrogen and oxygen atoms in total. The minimum Gasteiger partial charge on any atom is -0.366 e. The minimum atomic E-state index is -0.181. The van der Waals surface area contributed by atoms with Crippen LogP contribution in [0.2, 0.25) is 0 Å². The molecule has 0 aliphatic carbocycles. The first-order valence-electron chi connectivity index (χ1n) is 4.09. The summed E-state index contributed by atoms with van der Waals surface area (Å²) in [6.45, 7) is 3.82. The van der Waals surface area contributed by atoms with Crippen molar-refractivity contribution in [2.24, 2.45) is 0 Å². The van der Waals surface area contributed by atoms with Crippen LogP contribution in [0.3, 0.4) is 0 Å². The highest BCUT2D eigenvalue weighted by molar-refractivity contribution is 5.74. The summed E-state index contributed by atoms with van der Waals surface area (Å²) in [6.07, 6.45) is 0. The molecular formula is C9H11FN2. The Morgan fingerprint density at radius 2 is 2.42 bits per heavy atom. The predicted molar refractivity (Wildman–Crippen MR) is 47.9 cm³/mol. The van der Waals surface area contributed by atoms with Crippen molar-refractivity contribution < 1.29 is 4.39 Å². The molecule has 12 heavy (non-hydrogen) atoms. The molecule has 3 heteroatoms. The van der Waals surface area contributed by atoms with Gasteiger partial charge in [-0.3, -0.25) is 0 Å². The van der Waals surface area contributed by atoms with Crippen LogP contribution < -0.4 is 10.2 Å². The topological polar surface area (TPSA) is 15.3 Å². The summed E-state index contributed by atoms with van der Waals surface area (Å²) in [7, 11) is 0. The summed E-state index contributed by atoms with van der Waals surface area (Å²) in [5.74, 6) is -0.181. The van der Waals surface area contributed by atoms with Gasteiger partial charge in [0, 0.05) is 6.54 Å². The van der Waals surface area contributed by atoms with E-state index in [9.17, 15) is 4.39 Å². The molecule has 0 atom stereocenters. The van der Waals surface area contributed by atoms with Crippen molar-refractivity contribution in [1.82, 2.24) is 0 Å². The van der Waals surface area contributed by atoms with Gasteiger partial charge in [0.25, 0.3) is 0 Å². The van der Waals surface area contributed by atoms with Crippen molar-refractivity contribution in [2.45, 2.75) is 6.92 Å². The fraction of sp³-hybridized carbons (Fsp3) is 0.333. The molecule has 1 heterocycles. The maximum Gasteiger partial charge on any atom is 0.125 e. The second-order valence-corrected chi connectivity index (χ2v) is 2.85. The van der Waals surface area contributed by atoms with Crippen LogP contribution in [0.5, 0.6) is 0 Å². The van der Waals surface area contributed by atoms with Crippen LogP contribution in [0.15, 0.2) is 18.2 Å². The van der Waals surface area contributed by atoms with E-state index in [0.717, 1.165) is 24.6 Å². The van der Waals surface area contributed by atoms with Gasteiger partial charge in [0.2, 0.25) is 0 Å². The smallest absolute Gasteiger partial charge is 0.125 e. The van der Waals surface area contributed by atoms with E-state index in [1.54, 1.807) is 0 Å².